The maximum Gasteiger partial charge on any atom is 0.267 e. The van der Waals surface area contributed by atoms with Crippen LogP contribution in [0.5, 0.6) is 0 Å². The number of hydrogen-bond acceptors (Lipinski definition) is 5. The van der Waals surface area contributed by atoms with Crippen molar-refractivity contribution in [3.05, 3.63) is 61.7 Å². The van der Waals surface area contributed by atoms with Gasteiger partial charge in [-0.05, 0) is 42.6 Å². The highest BCUT2D eigenvalue weighted by Gasteiger charge is 2.17. The lowest BCUT2D eigenvalue weighted by Gasteiger charge is -2.03. The predicted octanol–water partition coefficient (Wildman–Crippen LogP) is 4.78. The van der Waals surface area contributed by atoms with E-state index in [2.05, 4.69) is 31.5 Å². The fraction of sp³-hybridized carbons (Fsp3) is 0.0625. The van der Waals surface area contributed by atoms with Gasteiger partial charge in [0.15, 0.2) is 5.13 Å². The van der Waals surface area contributed by atoms with Crippen molar-refractivity contribution >= 4 is 61.2 Å². The Kier molecular flexibility index (Phi) is 5.08. The number of carbonyl (C=O) groups excluding carboxylic acids is 2. The number of benzene rings is 1. The Morgan fingerprint density at radius 3 is 2.50 bits per heavy atom. The second kappa shape index (κ2) is 7.25. The van der Waals surface area contributed by atoms with E-state index in [1.54, 1.807) is 25.1 Å². The lowest BCUT2D eigenvalue weighted by molar-refractivity contribution is 0.102. The molecule has 122 valence electrons. The Morgan fingerprint density at radius 2 is 1.83 bits per heavy atom. The van der Waals surface area contributed by atoms with Crippen molar-refractivity contribution in [1.82, 2.24) is 4.98 Å². The SMILES string of the molecule is Cc1nc(NC(=O)c2cccs2)sc1C(=O)Nc1ccc(Br)cc1. The van der Waals surface area contributed by atoms with E-state index in [1.807, 2.05) is 23.6 Å². The molecule has 2 heterocycles. The Bertz CT molecular complexity index is 873. The van der Waals surface area contributed by atoms with Crippen molar-refractivity contribution < 1.29 is 9.59 Å². The molecular weight excluding hydrogens is 410 g/mol. The number of anilines is 2. The molecule has 1 aromatic carbocycles. The maximum atomic E-state index is 12.4. The van der Waals surface area contributed by atoms with Crippen molar-refractivity contribution in [2.45, 2.75) is 6.92 Å². The van der Waals surface area contributed by atoms with Crippen LogP contribution in [0.25, 0.3) is 0 Å². The van der Waals surface area contributed by atoms with Gasteiger partial charge in [-0.3, -0.25) is 14.9 Å². The summed E-state index contributed by atoms with van der Waals surface area (Å²) in [6.45, 7) is 1.74. The van der Waals surface area contributed by atoms with Gasteiger partial charge in [0.2, 0.25) is 0 Å². The van der Waals surface area contributed by atoms with E-state index < -0.39 is 0 Å². The molecule has 2 aromatic heterocycles. The van der Waals surface area contributed by atoms with Crippen molar-refractivity contribution in [3.63, 3.8) is 0 Å². The van der Waals surface area contributed by atoms with Gasteiger partial charge in [-0.1, -0.05) is 33.3 Å². The first-order valence-electron chi connectivity index (χ1n) is 6.92. The van der Waals surface area contributed by atoms with Crippen molar-refractivity contribution in [2.75, 3.05) is 10.6 Å². The molecule has 0 aliphatic rings. The zero-order valence-corrected chi connectivity index (χ0v) is 15.7. The number of aromatic nitrogens is 1. The standard InChI is InChI=1S/C16H12BrN3O2S2/c1-9-13(15(22)19-11-6-4-10(17)5-7-11)24-16(18-9)20-14(21)12-3-2-8-23-12/h2-8H,1H3,(H,19,22)(H,18,20,21). The highest BCUT2D eigenvalue weighted by molar-refractivity contribution is 9.10. The van der Waals surface area contributed by atoms with E-state index in [-0.39, 0.29) is 11.8 Å². The molecule has 0 aliphatic carbocycles. The third-order valence-corrected chi connectivity index (χ3v) is 5.54. The molecule has 0 fully saturated rings. The molecule has 2 amide bonds. The monoisotopic (exact) mass is 421 g/mol. The average molecular weight is 422 g/mol. The van der Waals surface area contributed by atoms with Gasteiger partial charge in [-0.25, -0.2) is 4.98 Å². The molecule has 0 atom stereocenters. The van der Waals surface area contributed by atoms with Crippen LogP contribution in [0.15, 0.2) is 46.3 Å². The normalized spacial score (nSPS) is 10.4. The largest absolute Gasteiger partial charge is 0.321 e. The molecule has 0 aliphatic heterocycles. The van der Waals surface area contributed by atoms with Gasteiger partial charge in [0.1, 0.15) is 4.88 Å². The third-order valence-electron chi connectivity index (χ3n) is 3.07. The van der Waals surface area contributed by atoms with Gasteiger partial charge in [0.25, 0.3) is 11.8 Å². The predicted molar refractivity (Wildman–Crippen MR) is 101 cm³/mol. The maximum absolute atomic E-state index is 12.4. The first kappa shape index (κ1) is 16.8. The van der Waals surface area contributed by atoms with Crippen LogP contribution in [0.4, 0.5) is 10.8 Å². The van der Waals surface area contributed by atoms with Gasteiger partial charge in [-0.15, -0.1) is 11.3 Å². The van der Waals surface area contributed by atoms with Crippen LogP contribution in [0.1, 0.15) is 25.0 Å². The van der Waals surface area contributed by atoms with Crippen LogP contribution < -0.4 is 10.6 Å². The van der Waals surface area contributed by atoms with Gasteiger partial charge in [-0.2, -0.15) is 0 Å². The zero-order valence-electron chi connectivity index (χ0n) is 12.5. The van der Waals surface area contributed by atoms with E-state index in [1.165, 1.54) is 11.3 Å². The fourth-order valence-electron chi connectivity index (χ4n) is 1.95. The number of aryl methyl sites for hydroxylation is 1. The molecule has 3 aromatic rings. The highest BCUT2D eigenvalue weighted by Crippen LogP contribution is 2.25. The molecule has 0 unspecified atom stereocenters. The summed E-state index contributed by atoms with van der Waals surface area (Å²) in [6.07, 6.45) is 0. The first-order valence-corrected chi connectivity index (χ1v) is 9.41. The summed E-state index contributed by atoms with van der Waals surface area (Å²) in [5, 5.41) is 7.79. The second-order valence-electron chi connectivity index (χ2n) is 4.83. The summed E-state index contributed by atoms with van der Waals surface area (Å²) in [5.41, 5.74) is 1.27. The zero-order chi connectivity index (χ0) is 17.1. The number of amides is 2. The minimum Gasteiger partial charge on any atom is -0.321 e. The van der Waals surface area contributed by atoms with Gasteiger partial charge < -0.3 is 5.32 Å². The number of thiazole rings is 1. The first-order chi connectivity index (χ1) is 11.5. The average Bonchev–Trinajstić information content (AvgIpc) is 3.19. The van der Waals surface area contributed by atoms with Gasteiger partial charge >= 0.3 is 0 Å². The molecule has 3 rings (SSSR count). The molecule has 0 saturated heterocycles. The topological polar surface area (TPSA) is 71.1 Å². The molecule has 0 saturated carbocycles. The van der Waals surface area contributed by atoms with E-state index in [0.29, 0.717) is 26.3 Å². The van der Waals surface area contributed by atoms with Crippen LogP contribution in [0, 0.1) is 6.92 Å². The van der Waals surface area contributed by atoms with E-state index in [0.717, 1.165) is 15.8 Å². The summed E-state index contributed by atoms with van der Waals surface area (Å²) in [7, 11) is 0. The Hall–Kier alpha value is -2.03. The van der Waals surface area contributed by atoms with Crippen molar-refractivity contribution in [1.29, 1.82) is 0 Å². The van der Waals surface area contributed by atoms with Crippen LogP contribution in [0.2, 0.25) is 0 Å². The quantitative estimate of drug-likeness (QED) is 0.636. The summed E-state index contributed by atoms with van der Waals surface area (Å²) in [4.78, 5) is 29.8. The van der Waals surface area contributed by atoms with Crippen molar-refractivity contribution in [3.8, 4) is 0 Å². The lowest BCUT2D eigenvalue weighted by Crippen LogP contribution is -2.11. The van der Waals surface area contributed by atoms with Gasteiger partial charge in [0, 0.05) is 10.2 Å². The molecule has 0 radical (unpaired) electrons. The smallest absolute Gasteiger partial charge is 0.267 e. The lowest BCUT2D eigenvalue weighted by atomic mass is 10.3. The second-order valence-corrected chi connectivity index (χ2v) is 7.69. The number of nitrogens with one attached hydrogen (secondary N) is 2. The minimum atomic E-state index is -0.246. The summed E-state index contributed by atoms with van der Waals surface area (Å²) < 4.78 is 0.938. The number of thiophene rings is 1. The molecule has 5 nitrogen and oxygen atoms in total. The van der Waals surface area contributed by atoms with Crippen LogP contribution in [-0.4, -0.2) is 16.8 Å². The summed E-state index contributed by atoms with van der Waals surface area (Å²) in [6, 6.07) is 10.9. The van der Waals surface area contributed by atoms with Gasteiger partial charge in [0.05, 0.1) is 10.6 Å². The van der Waals surface area contributed by atoms with E-state index in [4.69, 9.17) is 0 Å². The molecular formula is C16H12BrN3O2S2. The Balaban J connectivity index is 1.72. The number of nitrogens with zero attached hydrogens (tertiary/aromatic N) is 1. The van der Waals surface area contributed by atoms with Crippen molar-refractivity contribution in [2.24, 2.45) is 0 Å². The Labute approximate surface area is 154 Å². The number of hydrogen-bond donors (Lipinski definition) is 2. The summed E-state index contributed by atoms with van der Waals surface area (Å²) in [5.74, 6) is -0.470. The Morgan fingerprint density at radius 1 is 1.08 bits per heavy atom. The number of halogens is 1. The van der Waals surface area contributed by atoms with E-state index >= 15 is 0 Å². The fourth-order valence-corrected chi connectivity index (χ4v) is 3.69. The van der Waals surface area contributed by atoms with E-state index in [9.17, 15) is 9.59 Å². The minimum absolute atomic E-state index is 0.224. The molecule has 0 spiro atoms. The highest BCUT2D eigenvalue weighted by atomic mass is 79.9. The number of rotatable bonds is 4. The molecule has 2 N–H and O–H groups in total. The molecule has 0 bridgehead atoms. The number of carbonyl (C=O) groups is 2. The summed E-state index contributed by atoms with van der Waals surface area (Å²) >= 11 is 5.86. The molecule has 8 heteroatoms. The van der Waals surface area contributed by atoms with Crippen LogP contribution >= 0.6 is 38.6 Å². The van der Waals surface area contributed by atoms with Crippen LogP contribution in [0.3, 0.4) is 0 Å². The third kappa shape index (κ3) is 3.89. The van der Waals surface area contributed by atoms with Crippen LogP contribution in [-0.2, 0) is 0 Å². The molecule has 24 heavy (non-hydrogen) atoms.